The van der Waals surface area contributed by atoms with Gasteiger partial charge in [-0.1, -0.05) is 56.0 Å². The van der Waals surface area contributed by atoms with E-state index in [0.717, 1.165) is 12.0 Å². The second kappa shape index (κ2) is 7.70. The van der Waals surface area contributed by atoms with Crippen molar-refractivity contribution in [3.8, 4) is 0 Å². The highest BCUT2D eigenvalue weighted by atomic mass is 14.0. The van der Waals surface area contributed by atoms with E-state index >= 15 is 0 Å². The van der Waals surface area contributed by atoms with E-state index in [0.29, 0.717) is 0 Å². The lowest BCUT2D eigenvalue weighted by molar-refractivity contribution is 1.23. The van der Waals surface area contributed by atoms with Gasteiger partial charge in [-0.2, -0.15) is 0 Å². The first-order chi connectivity index (χ1) is 7.56. The van der Waals surface area contributed by atoms with E-state index in [1.165, 1.54) is 16.7 Å². The largest absolute Gasteiger partial charge is 0.103 e. The van der Waals surface area contributed by atoms with Crippen molar-refractivity contribution in [1.82, 2.24) is 0 Å². The van der Waals surface area contributed by atoms with Gasteiger partial charge in [0.05, 0.1) is 0 Å². The molecule has 0 fully saturated rings. The third-order valence-corrected chi connectivity index (χ3v) is 2.26. The number of hydrogen-bond acceptors (Lipinski definition) is 0. The molecule has 0 nitrogen and oxygen atoms in total. The summed E-state index contributed by atoms with van der Waals surface area (Å²) in [5.74, 6) is 0. The lowest BCUT2D eigenvalue weighted by Crippen LogP contribution is -1.85. The quantitative estimate of drug-likeness (QED) is 0.486. The molecule has 0 spiro atoms. The van der Waals surface area contributed by atoms with Crippen LogP contribution in [0, 0.1) is 13.8 Å². The SMILES string of the molecule is C=CC(=C)c1ccc(C)cc1C.C=CCC. The van der Waals surface area contributed by atoms with Gasteiger partial charge in [0.1, 0.15) is 0 Å². The zero-order valence-electron chi connectivity index (χ0n) is 10.7. The Kier molecular flexibility index (Phi) is 6.95. The number of benzene rings is 1. The van der Waals surface area contributed by atoms with Crippen LogP contribution in [0.2, 0.25) is 0 Å². The van der Waals surface area contributed by atoms with Crippen molar-refractivity contribution in [2.75, 3.05) is 0 Å². The molecule has 0 aliphatic heterocycles. The molecule has 0 saturated heterocycles. The van der Waals surface area contributed by atoms with E-state index in [1.54, 1.807) is 6.08 Å². The standard InChI is InChI=1S/C12H14.C4H8/c1-5-10(3)12-7-6-9(2)8-11(12)4;1-3-4-2/h5-8H,1,3H2,2,4H3;3H,1,4H2,2H3. The lowest BCUT2D eigenvalue weighted by Gasteiger charge is -2.05. The molecule has 16 heavy (non-hydrogen) atoms. The Labute approximate surface area is 100 Å². The van der Waals surface area contributed by atoms with Gasteiger partial charge >= 0.3 is 0 Å². The average molecular weight is 214 g/mol. The Bertz CT molecular complexity index is 370. The first-order valence-electron chi connectivity index (χ1n) is 5.56. The monoisotopic (exact) mass is 214 g/mol. The van der Waals surface area contributed by atoms with Crippen LogP contribution < -0.4 is 0 Å². The van der Waals surface area contributed by atoms with Gasteiger partial charge in [0.2, 0.25) is 0 Å². The molecule has 0 aliphatic rings. The number of allylic oxidation sites excluding steroid dienone is 3. The summed E-state index contributed by atoms with van der Waals surface area (Å²) in [6, 6.07) is 6.34. The Morgan fingerprint density at radius 1 is 1.25 bits per heavy atom. The topological polar surface area (TPSA) is 0 Å². The average Bonchev–Trinajstić information content (AvgIpc) is 2.28. The zero-order chi connectivity index (χ0) is 12.6. The van der Waals surface area contributed by atoms with Crippen LogP contribution in [-0.4, -0.2) is 0 Å². The Hall–Kier alpha value is -1.56. The molecule has 0 unspecified atom stereocenters. The van der Waals surface area contributed by atoms with Crippen LogP contribution >= 0.6 is 0 Å². The maximum absolute atomic E-state index is 3.92. The molecular weight excluding hydrogens is 192 g/mol. The van der Waals surface area contributed by atoms with Gasteiger partial charge in [0, 0.05) is 0 Å². The van der Waals surface area contributed by atoms with E-state index in [4.69, 9.17) is 0 Å². The molecule has 0 heteroatoms. The van der Waals surface area contributed by atoms with Crippen molar-refractivity contribution < 1.29 is 0 Å². The lowest BCUT2D eigenvalue weighted by atomic mass is 10.00. The molecule has 0 bridgehead atoms. The fourth-order valence-electron chi connectivity index (χ4n) is 1.28. The number of rotatable bonds is 3. The highest BCUT2D eigenvalue weighted by molar-refractivity contribution is 5.73. The minimum Gasteiger partial charge on any atom is -0.103 e. The fourth-order valence-corrected chi connectivity index (χ4v) is 1.28. The molecule has 86 valence electrons. The van der Waals surface area contributed by atoms with Gasteiger partial charge in [-0.05, 0) is 37.0 Å². The van der Waals surface area contributed by atoms with Crippen LogP contribution in [0.4, 0.5) is 0 Å². The molecule has 0 saturated carbocycles. The van der Waals surface area contributed by atoms with Crippen LogP contribution in [0.3, 0.4) is 0 Å². The van der Waals surface area contributed by atoms with Crippen LogP contribution in [0.15, 0.2) is 50.1 Å². The van der Waals surface area contributed by atoms with Gasteiger partial charge in [-0.25, -0.2) is 0 Å². The van der Waals surface area contributed by atoms with E-state index in [9.17, 15) is 0 Å². The first kappa shape index (κ1) is 14.4. The molecular formula is C16H22. The molecule has 0 radical (unpaired) electrons. The van der Waals surface area contributed by atoms with Gasteiger partial charge in [-0.15, -0.1) is 6.58 Å². The molecule has 0 heterocycles. The molecule has 0 N–H and O–H groups in total. The van der Waals surface area contributed by atoms with Crippen molar-refractivity contribution in [3.05, 3.63) is 66.8 Å². The van der Waals surface area contributed by atoms with Crippen LogP contribution in [-0.2, 0) is 0 Å². The minimum absolute atomic E-state index is 0.993. The summed E-state index contributed by atoms with van der Waals surface area (Å²) in [6.45, 7) is 17.3. The van der Waals surface area contributed by atoms with E-state index in [2.05, 4.69) is 58.7 Å². The number of aryl methyl sites for hydroxylation is 2. The molecule has 0 amide bonds. The summed E-state index contributed by atoms with van der Waals surface area (Å²) >= 11 is 0. The Balaban J connectivity index is 0.000000487. The number of hydrogen-bond donors (Lipinski definition) is 0. The normalized spacial score (nSPS) is 8.69. The third-order valence-electron chi connectivity index (χ3n) is 2.26. The summed E-state index contributed by atoms with van der Waals surface area (Å²) in [5, 5.41) is 0. The van der Waals surface area contributed by atoms with E-state index in [1.807, 2.05) is 6.08 Å². The summed E-state index contributed by atoms with van der Waals surface area (Å²) < 4.78 is 0. The maximum Gasteiger partial charge on any atom is -0.0161 e. The second-order valence-corrected chi connectivity index (χ2v) is 3.74. The van der Waals surface area contributed by atoms with Crippen molar-refractivity contribution in [3.63, 3.8) is 0 Å². The van der Waals surface area contributed by atoms with E-state index in [-0.39, 0.29) is 0 Å². The van der Waals surface area contributed by atoms with Gasteiger partial charge in [-0.3, -0.25) is 0 Å². The molecule has 1 rings (SSSR count). The summed E-state index contributed by atoms with van der Waals surface area (Å²) in [7, 11) is 0. The predicted octanol–water partition coefficient (Wildman–Crippen LogP) is 5.09. The van der Waals surface area contributed by atoms with Gasteiger partial charge < -0.3 is 0 Å². The highest BCUT2D eigenvalue weighted by Crippen LogP contribution is 2.18. The van der Waals surface area contributed by atoms with Crippen molar-refractivity contribution >= 4 is 5.57 Å². The van der Waals surface area contributed by atoms with Gasteiger partial charge in [0.25, 0.3) is 0 Å². The second-order valence-electron chi connectivity index (χ2n) is 3.74. The molecule has 1 aromatic rings. The minimum atomic E-state index is 0.993. The summed E-state index contributed by atoms with van der Waals surface area (Å²) in [5.41, 5.74) is 4.73. The van der Waals surface area contributed by atoms with Crippen LogP contribution in [0.5, 0.6) is 0 Å². The van der Waals surface area contributed by atoms with Crippen molar-refractivity contribution in [1.29, 1.82) is 0 Å². The Morgan fingerprint density at radius 3 is 2.19 bits per heavy atom. The Morgan fingerprint density at radius 2 is 1.81 bits per heavy atom. The predicted molar refractivity (Wildman–Crippen MR) is 75.6 cm³/mol. The summed E-state index contributed by atoms with van der Waals surface area (Å²) in [4.78, 5) is 0. The van der Waals surface area contributed by atoms with Gasteiger partial charge in [0.15, 0.2) is 0 Å². The van der Waals surface area contributed by atoms with Crippen LogP contribution in [0.25, 0.3) is 5.57 Å². The van der Waals surface area contributed by atoms with Crippen molar-refractivity contribution in [2.24, 2.45) is 0 Å². The molecule has 0 aromatic heterocycles. The molecule has 1 aromatic carbocycles. The highest BCUT2D eigenvalue weighted by Gasteiger charge is 1.98. The fraction of sp³-hybridized carbons (Fsp3) is 0.250. The maximum atomic E-state index is 3.92. The zero-order valence-corrected chi connectivity index (χ0v) is 10.7. The van der Waals surface area contributed by atoms with Crippen molar-refractivity contribution in [2.45, 2.75) is 27.2 Å². The van der Waals surface area contributed by atoms with E-state index < -0.39 is 0 Å². The molecule has 0 atom stereocenters. The van der Waals surface area contributed by atoms with Crippen LogP contribution in [0.1, 0.15) is 30.0 Å². The smallest absolute Gasteiger partial charge is 0.0161 e. The third kappa shape index (κ3) is 4.79. The first-order valence-corrected chi connectivity index (χ1v) is 5.56. The molecule has 0 aliphatic carbocycles. The summed E-state index contributed by atoms with van der Waals surface area (Å²) in [6.07, 6.45) is 4.75.